The Morgan fingerprint density at radius 3 is 2.48 bits per heavy atom. The van der Waals surface area contributed by atoms with Gasteiger partial charge in [-0.2, -0.15) is 0 Å². The van der Waals surface area contributed by atoms with Crippen LogP contribution < -0.4 is 10.1 Å². The number of nitrogens with one attached hydrogen (secondary N) is 1. The number of amides is 1. The second kappa shape index (κ2) is 8.11. The fraction of sp³-hybridized carbons (Fsp3) is 0.125. The average molecular weight is 365 g/mol. The molecule has 0 saturated heterocycles. The molecule has 0 unspecified atom stereocenters. The van der Waals surface area contributed by atoms with Crippen LogP contribution in [0.3, 0.4) is 0 Å². The first-order chi connectivity index (χ1) is 11.9. The number of nitro benzene ring substituents is 1. The Morgan fingerprint density at radius 1 is 1.20 bits per heavy atom. The number of hydrogen-bond acceptors (Lipinski definition) is 6. The van der Waals surface area contributed by atoms with E-state index in [1.54, 1.807) is 6.07 Å². The maximum atomic E-state index is 12.0. The summed E-state index contributed by atoms with van der Waals surface area (Å²) in [5, 5.41) is 13.3. The van der Waals surface area contributed by atoms with Crippen molar-refractivity contribution < 1.29 is 24.0 Å². The third-order valence-corrected chi connectivity index (χ3v) is 3.31. The zero-order valence-corrected chi connectivity index (χ0v) is 13.8. The summed E-state index contributed by atoms with van der Waals surface area (Å²) in [5.41, 5.74) is 0.336. The predicted octanol–water partition coefficient (Wildman–Crippen LogP) is 3.05. The normalized spacial score (nSPS) is 10.0. The molecule has 2 aromatic carbocycles. The molecule has 0 atom stereocenters. The predicted molar refractivity (Wildman–Crippen MR) is 90.0 cm³/mol. The number of nitro groups is 1. The lowest BCUT2D eigenvalue weighted by Gasteiger charge is -2.09. The van der Waals surface area contributed by atoms with E-state index in [1.165, 1.54) is 43.5 Å². The van der Waals surface area contributed by atoms with E-state index in [0.717, 1.165) is 0 Å². The maximum Gasteiger partial charge on any atom is 0.342 e. The minimum Gasteiger partial charge on any atom is -0.496 e. The van der Waals surface area contributed by atoms with Crippen LogP contribution in [0, 0.1) is 10.1 Å². The van der Waals surface area contributed by atoms with Gasteiger partial charge in [-0.15, -0.1) is 0 Å². The van der Waals surface area contributed by atoms with Gasteiger partial charge in [-0.25, -0.2) is 4.79 Å². The number of carbonyl (C=O) groups is 2. The van der Waals surface area contributed by atoms with Crippen molar-refractivity contribution in [1.29, 1.82) is 0 Å². The van der Waals surface area contributed by atoms with Gasteiger partial charge in [0.15, 0.2) is 6.61 Å². The van der Waals surface area contributed by atoms with Gasteiger partial charge in [-0.05, 0) is 30.3 Å². The fourth-order valence-corrected chi connectivity index (χ4v) is 2.08. The summed E-state index contributed by atoms with van der Waals surface area (Å²) in [6.45, 7) is -0.536. The second-order valence-electron chi connectivity index (χ2n) is 4.77. The lowest BCUT2D eigenvalue weighted by atomic mass is 10.2. The summed E-state index contributed by atoms with van der Waals surface area (Å²) in [6.07, 6.45) is 0. The lowest BCUT2D eigenvalue weighted by molar-refractivity contribution is -0.384. The SMILES string of the molecule is COc1ccc(Cl)cc1C(=O)OCC(=O)Nc1ccc([N+](=O)[O-])cc1. The summed E-state index contributed by atoms with van der Waals surface area (Å²) < 4.78 is 9.96. The van der Waals surface area contributed by atoms with Gasteiger partial charge in [-0.1, -0.05) is 11.6 Å². The van der Waals surface area contributed by atoms with E-state index in [4.69, 9.17) is 21.1 Å². The molecule has 130 valence electrons. The molecule has 25 heavy (non-hydrogen) atoms. The fourth-order valence-electron chi connectivity index (χ4n) is 1.91. The number of esters is 1. The minimum atomic E-state index is -0.766. The molecular weight excluding hydrogens is 352 g/mol. The number of nitrogens with zero attached hydrogens (tertiary/aromatic N) is 1. The molecule has 0 heterocycles. The molecule has 0 radical (unpaired) electrons. The van der Waals surface area contributed by atoms with Crippen LogP contribution in [-0.2, 0) is 9.53 Å². The van der Waals surface area contributed by atoms with Crippen molar-refractivity contribution in [3.05, 3.63) is 63.2 Å². The van der Waals surface area contributed by atoms with Crippen LogP contribution in [0.15, 0.2) is 42.5 Å². The first-order valence-electron chi connectivity index (χ1n) is 6.95. The van der Waals surface area contributed by atoms with Crippen LogP contribution in [0.2, 0.25) is 5.02 Å². The van der Waals surface area contributed by atoms with Crippen molar-refractivity contribution in [2.45, 2.75) is 0 Å². The van der Waals surface area contributed by atoms with Crippen molar-refractivity contribution in [1.82, 2.24) is 0 Å². The summed E-state index contributed by atoms with van der Waals surface area (Å²) >= 11 is 5.83. The Kier molecular flexibility index (Phi) is 5.91. The second-order valence-corrected chi connectivity index (χ2v) is 5.21. The molecule has 0 fully saturated rings. The molecule has 0 aliphatic carbocycles. The third kappa shape index (κ3) is 4.92. The Hall–Kier alpha value is -3.13. The third-order valence-electron chi connectivity index (χ3n) is 3.08. The largest absolute Gasteiger partial charge is 0.496 e. The van der Waals surface area contributed by atoms with E-state index in [2.05, 4.69) is 5.32 Å². The molecule has 0 spiro atoms. The minimum absolute atomic E-state index is 0.0955. The first-order valence-corrected chi connectivity index (χ1v) is 7.33. The number of benzene rings is 2. The van der Waals surface area contributed by atoms with E-state index in [-0.39, 0.29) is 17.0 Å². The number of methoxy groups -OCH3 is 1. The van der Waals surface area contributed by atoms with E-state index in [0.29, 0.717) is 10.7 Å². The highest BCUT2D eigenvalue weighted by atomic mass is 35.5. The highest BCUT2D eigenvalue weighted by Gasteiger charge is 2.16. The smallest absolute Gasteiger partial charge is 0.342 e. The summed E-state index contributed by atoms with van der Waals surface area (Å²) in [7, 11) is 1.39. The van der Waals surface area contributed by atoms with Crippen molar-refractivity contribution in [2.24, 2.45) is 0 Å². The lowest BCUT2D eigenvalue weighted by Crippen LogP contribution is -2.21. The van der Waals surface area contributed by atoms with Gasteiger partial charge in [0.25, 0.3) is 11.6 Å². The molecule has 1 amide bonds. The van der Waals surface area contributed by atoms with Gasteiger partial charge in [0, 0.05) is 22.8 Å². The van der Waals surface area contributed by atoms with Crippen LogP contribution >= 0.6 is 11.6 Å². The molecule has 9 heteroatoms. The molecule has 0 aliphatic rings. The zero-order chi connectivity index (χ0) is 18.4. The molecule has 2 aromatic rings. The van der Waals surface area contributed by atoms with Gasteiger partial charge < -0.3 is 14.8 Å². The monoisotopic (exact) mass is 364 g/mol. The quantitative estimate of drug-likeness (QED) is 0.479. The van der Waals surface area contributed by atoms with Crippen molar-refractivity contribution in [3.63, 3.8) is 0 Å². The summed E-state index contributed by atoms with van der Waals surface area (Å²) in [5.74, 6) is -1.09. The maximum absolute atomic E-state index is 12.0. The number of carbonyl (C=O) groups excluding carboxylic acids is 2. The van der Waals surface area contributed by atoms with Crippen molar-refractivity contribution in [2.75, 3.05) is 19.0 Å². The number of halogens is 1. The Balaban J connectivity index is 1.94. The van der Waals surface area contributed by atoms with E-state index in [9.17, 15) is 19.7 Å². The highest BCUT2D eigenvalue weighted by Crippen LogP contribution is 2.23. The number of non-ortho nitro benzene ring substituents is 1. The van der Waals surface area contributed by atoms with Gasteiger partial charge in [0.1, 0.15) is 11.3 Å². The Bertz CT molecular complexity index is 807. The van der Waals surface area contributed by atoms with E-state index in [1.807, 2.05) is 0 Å². The Labute approximate surface area is 147 Å². The standard InChI is InChI=1S/C16H13ClN2O6/c1-24-14-7-2-10(17)8-13(14)16(21)25-9-15(20)18-11-3-5-12(6-4-11)19(22)23/h2-8H,9H2,1H3,(H,18,20). The van der Waals surface area contributed by atoms with Gasteiger partial charge in [0.2, 0.25) is 0 Å². The molecule has 8 nitrogen and oxygen atoms in total. The molecule has 0 aromatic heterocycles. The number of ether oxygens (including phenoxy) is 2. The summed E-state index contributed by atoms with van der Waals surface area (Å²) in [4.78, 5) is 33.9. The van der Waals surface area contributed by atoms with Gasteiger partial charge in [-0.3, -0.25) is 14.9 Å². The van der Waals surface area contributed by atoms with Gasteiger partial charge >= 0.3 is 5.97 Å². The van der Waals surface area contributed by atoms with E-state index >= 15 is 0 Å². The molecule has 0 bridgehead atoms. The van der Waals surface area contributed by atoms with Crippen molar-refractivity contribution >= 4 is 34.9 Å². The van der Waals surface area contributed by atoms with Crippen LogP contribution in [0.25, 0.3) is 0 Å². The molecule has 2 rings (SSSR count). The molecule has 1 N–H and O–H groups in total. The van der Waals surface area contributed by atoms with Crippen LogP contribution in [0.4, 0.5) is 11.4 Å². The zero-order valence-electron chi connectivity index (χ0n) is 13.0. The molecular formula is C16H13ClN2O6. The number of rotatable bonds is 6. The van der Waals surface area contributed by atoms with E-state index < -0.39 is 23.4 Å². The van der Waals surface area contributed by atoms with Crippen molar-refractivity contribution in [3.8, 4) is 5.75 Å². The van der Waals surface area contributed by atoms with Crippen LogP contribution in [-0.4, -0.2) is 30.5 Å². The first kappa shape index (κ1) is 18.2. The topological polar surface area (TPSA) is 108 Å². The van der Waals surface area contributed by atoms with Crippen LogP contribution in [0.1, 0.15) is 10.4 Å². The molecule has 0 aliphatic heterocycles. The van der Waals surface area contributed by atoms with Crippen LogP contribution in [0.5, 0.6) is 5.75 Å². The Morgan fingerprint density at radius 2 is 1.88 bits per heavy atom. The highest BCUT2D eigenvalue weighted by molar-refractivity contribution is 6.31. The average Bonchev–Trinajstić information content (AvgIpc) is 2.60. The number of anilines is 1. The summed E-state index contributed by atoms with van der Waals surface area (Å²) in [6, 6.07) is 9.68. The molecule has 0 saturated carbocycles. The number of hydrogen-bond donors (Lipinski definition) is 1. The van der Waals surface area contributed by atoms with Gasteiger partial charge in [0.05, 0.1) is 12.0 Å².